The lowest BCUT2D eigenvalue weighted by Gasteiger charge is -1.95. The monoisotopic (exact) mass is 204 g/mol. The zero-order chi connectivity index (χ0) is 9.07. The summed E-state index contributed by atoms with van der Waals surface area (Å²) in [6.45, 7) is 5.78. The fraction of sp³-hybridized carbons (Fsp3) is 0.750. The molecule has 2 nitrogen and oxygen atoms in total. The van der Waals surface area contributed by atoms with E-state index in [2.05, 4.69) is 9.98 Å². The van der Waals surface area contributed by atoms with E-state index in [0.29, 0.717) is 0 Å². The third-order valence-electron chi connectivity index (χ3n) is 1.06. The number of nitrogens with zero attached hydrogens (tertiary/aromatic N) is 2. The molecule has 0 rings (SSSR count). The van der Waals surface area contributed by atoms with Gasteiger partial charge in [-0.25, -0.2) is 0 Å². The molecule has 0 radical (unpaired) electrons. The highest BCUT2D eigenvalue weighted by molar-refractivity contribution is 8.76. The minimum atomic E-state index is 0.936. The van der Waals surface area contributed by atoms with Gasteiger partial charge in [0.1, 0.15) is 0 Å². The molecule has 0 aliphatic heterocycles. The maximum absolute atomic E-state index is 4.12. The average Bonchev–Trinajstić information content (AvgIpc) is 2.10. The first-order valence-electron chi connectivity index (χ1n) is 4.05. The van der Waals surface area contributed by atoms with Crippen molar-refractivity contribution in [2.45, 2.75) is 13.8 Å². The largest absolute Gasteiger partial charge is 0.297 e. The van der Waals surface area contributed by atoms with Crippen LogP contribution in [0.4, 0.5) is 0 Å². The summed E-state index contributed by atoms with van der Waals surface area (Å²) in [5, 5.41) is 0. The van der Waals surface area contributed by atoms with Gasteiger partial charge in [0, 0.05) is 24.6 Å². The zero-order valence-electron chi connectivity index (χ0n) is 7.69. The maximum atomic E-state index is 4.12. The molecule has 0 aliphatic rings. The van der Waals surface area contributed by atoms with Gasteiger partial charge in [-0.2, -0.15) is 0 Å². The Balaban J connectivity index is 2.91. The molecule has 0 atom stereocenters. The van der Waals surface area contributed by atoms with E-state index < -0.39 is 0 Å². The summed E-state index contributed by atoms with van der Waals surface area (Å²) >= 11 is 0. The topological polar surface area (TPSA) is 24.7 Å². The third kappa shape index (κ3) is 10.0. The second-order valence-corrected chi connectivity index (χ2v) is 4.67. The summed E-state index contributed by atoms with van der Waals surface area (Å²) in [5.74, 6) is 2.20. The van der Waals surface area contributed by atoms with Crippen molar-refractivity contribution in [3.05, 3.63) is 0 Å². The van der Waals surface area contributed by atoms with E-state index in [1.54, 1.807) is 0 Å². The molecule has 0 aromatic heterocycles. The summed E-state index contributed by atoms with van der Waals surface area (Å²) < 4.78 is 0. The van der Waals surface area contributed by atoms with E-state index in [1.165, 1.54) is 0 Å². The molecule has 0 spiro atoms. The number of aliphatic imine (C=N–C) groups is 2. The van der Waals surface area contributed by atoms with Gasteiger partial charge in [0.15, 0.2) is 0 Å². The summed E-state index contributed by atoms with van der Waals surface area (Å²) in [6, 6.07) is 0. The Labute approximate surface area is 82.7 Å². The molecule has 0 aromatic carbocycles. The van der Waals surface area contributed by atoms with Gasteiger partial charge < -0.3 is 0 Å². The van der Waals surface area contributed by atoms with E-state index >= 15 is 0 Å². The van der Waals surface area contributed by atoms with E-state index in [-0.39, 0.29) is 0 Å². The Morgan fingerprint density at radius 2 is 1.33 bits per heavy atom. The van der Waals surface area contributed by atoms with Crippen LogP contribution < -0.4 is 0 Å². The van der Waals surface area contributed by atoms with Crippen molar-refractivity contribution in [2.75, 3.05) is 24.6 Å². The predicted octanol–water partition coefficient (Wildman–Crippen LogP) is 2.55. The summed E-state index contributed by atoms with van der Waals surface area (Å²) in [5.41, 5.74) is 0. The molecule has 0 aliphatic carbocycles. The molecule has 0 aromatic rings. The van der Waals surface area contributed by atoms with Crippen LogP contribution in [0.25, 0.3) is 0 Å². The van der Waals surface area contributed by atoms with Crippen LogP contribution in [-0.2, 0) is 0 Å². The van der Waals surface area contributed by atoms with E-state index in [1.807, 2.05) is 47.9 Å². The van der Waals surface area contributed by atoms with Crippen molar-refractivity contribution in [2.24, 2.45) is 9.98 Å². The molecule has 0 fully saturated rings. The van der Waals surface area contributed by atoms with Crippen LogP contribution in [0.5, 0.6) is 0 Å². The van der Waals surface area contributed by atoms with Crippen LogP contribution in [0.1, 0.15) is 13.8 Å². The smallest absolute Gasteiger partial charge is 0.0484 e. The standard InChI is InChI=1S/C8H16N2S2/c1-3-9-5-7-11-12-8-6-10-4-2/h3-4H,5-8H2,1-2H3/b9-3+,10-4+. The van der Waals surface area contributed by atoms with Crippen LogP contribution in [-0.4, -0.2) is 37.0 Å². The van der Waals surface area contributed by atoms with Crippen LogP contribution in [0.15, 0.2) is 9.98 Å². The van der Waals surface area contributed by atoms with Crippen LogP contribution in [0.3, 0.4) is 0 Å². The lowest BCUT2D eigenvalue weighted by Crippen LogP contribution is -1.85. The van der Waals surface area contributed by atoms with Gasteiger partial charge in [-0.1, -0.05) is 21.6 Å². The summed E-state index contributed by atoms with van der Waals surface area (Å²) in [7, 11) is 3.75. The molecule has 0 saturated heterocycles. The lowest BCUT2D eigenvalue weighted by molar-refractivity contribution is 1.15. The van der Waals surface area contributed by atoms with Crippen molar-refractivity contribution < 1.29 is 0 Å². The van der Waals surface area contributed by atoms with E-state index in [4.69, 9.17) is 0 Å². The molecule has 12 heavy (non-hydrogen) atoms. The second kappa shape index (κ2) is 11.0. The predicted molar refractivity (Wildman–Crippen MR) is 63.0 cm³/mol. The molecule has 0 saturated carbocycles. The molecular weight excluding hydrogens is 188 g/mol. The summed E-state index contributed by atoms with van der Waals surface area (Å²) in [6.07, 6.45) is 3.71. The van der Waals surface area contributed by atoms with Crippen LogP contribution in [0.2, 0.25) is 0 Å². The van der Waals surface area contributed by atoms with Gasteiger partial charge in [0.2, 0.25) is 0 Å². The van der Waals surface area contributed by atoms with Crippen molar-refractivity contribution in [3.63, 3.8) is 0 Å². The van der Waals surface area contributed by atoms with Crippen LogP contribution in [0, 0.1) is 0 Å². The highest BCUT2D eigenvalue weighted by Crippen LogP contribution is 2.19. The van der Waals surface area contributed by atoms with Gasteiger partial charge in [-0.15, -0.1) is 0 Å². The van der Waals surface area contributed by atoms with E-state index in [0.717, 1.165) is 24.6 Å². The Hall–Kier alpha value is 0.0400. The molecule has 0 unspecified atom stereocenters. The Kier molecular flexibility index (Phi) is 11.1. The maximum Gasteiger partial charge on any atom is 0.0484 e. The van der Waals surface area contributed by atoms with Crippen molar-refractivity contribution in [1.29, 1.82) is 0 Å². The SMILES string of the molecule is C/C=N/CCSSCC/N=C/C. The van der Waals surface area contributed by atoms with Gasteiger partial charge in [-0.05, 0) is 26.3 Å². The Bertz CT molecular complexity index is 119. The van der Waals surface area contributed by atoms with Gasteiger partial charge in [0.05, 0.1) is 0 Å². The highest BCUT2D eigenvalue weighted by atomic mass is 33.1. The van der Waals surface area contributed by atoms with Crippen LogP contribution >= 0.6 is 21.6 Å². The number of rotatable bonds is 7. The number of hydrogen-bond acceptors (Lipinski definition) is 4. The average molecular weight is 204 g/mol. The van der Waals surface area contributed by atoms with Gasteiger partial charge in [-0.3, -0.25) is 9.98 Å². The molecule has 0 bridgehead atoms. The second-order valence-electron chi connectivity index (χ2n) is 1.97. The van der Waals surface area contributed by atoms with E-state index in [9.17, 15) is 0 Å². The normalized spacial score (nSPS) is 11.8. The fourth-order valence-corrected chi connectivity index (χ4v) is 2.31. The zero-order valence-corrected chi connectivity index (χ0v) is 9.33. The summed E-state index contributed by atoms with van der Waals surface area (Å²) in [4.78, 5) is 8.23. The molecule has 0 N–H and O–H groups in total. The van der Waals surface area contributed by atoms with Gasteiger partial charge in [0.25, 0.3) is 0 Å². The van der Waals surface area contributed by atoms with Crippen molar-refractivity contribution in [1.82, 2.24) is 0 Å². The first kappa shape index (κ1) is 12.0. The Morgan fingerprint density at radius 3 is 1.67 bits per heavy atom. The molecular formula is C8H16N2S2. The fourth-order valence-electron chi connectivity index (χ4n) is 0.556. The van der Waals surface area contributed by atoms with Crippen molar-refractivity contribution >= 4 is 34.0 Å². The third-order valence-corrected chi connectivity index (χ3v) is 3.42. The van der Waals surface area contributed by atoms with Crippen molar-refractivity contribution in [3.8, 4) is 0 Å². The molecule has 70 valence electrons. The first-order chi connectivity index (χ1) is 5.91. The van der Waals surface area contributed by atoms with Gasteiger partial charge >= 0.3 is 0 Å². The molecule has 4 heteroatoms. The number of hydrogen-bond donors (Lipinski definition) is 0. The minimum Gasteiger partial charge on any atom is -0.297 e. The highest BCUT2D eigenvalue weighted by Gasteiger charge is 1.87. The molecule has 0 heterocycles. The first-order valence-corrected chi connectivity index (χ1v) is 6.54. The Morgan fingerprint density at radius 1 is 0.917 bits per heavy atom. The molecule has 0 amide bonds. The quantitative estimate of drug-likeness (QED) is 0.362. The minimum absolute atomic E-state index is 0.936. The lowest BCUT2D eigenvalue weighted by atomic mass is 10.7.